The van der Waals surface area contributed by atoms with Crippen LogP contribution < -0.4 is 5.32 Å². The van der Waals surface area contributed by atoms with Gasteiger partial charge in [0.05, 0.1) is 6.61 Å². The first kappa shape index (κ1) is 23.6. The van der Waals surface area contributed by atoms with E-state index in [4.69, 9.17) is 9.73 Å². The number of halogens is 1. The summed E-state index contributed by atoms with van der Waals surface area (Å²) in [4.78, 5) is 7.08. The minimum atomic E-state index is 0. The molecule has 160 valence electrons. The summed E-state index contributed by atoms with van der Waals surface area (Å²) in [5.74, 6) is 2.46. The molecule has 1 unspecified atom stereocenters. The molecule has 1 atom stereocenters. The van der Waals surface area contributed by atoms with Crippen molar-refractivity contribution in [1.82, 2.24) is 25.0 Å². The number of aromatic nitrogens is 3. The highest BCUT2D eigenvalue weighted by Gasteiger charge is 2.16. The van der Waals surface area contributed by atoms with E-state index < -0.39 is 0 Å². The Balaban J connectivity index is 0.00000300. The summed E-state index contributed by atoms with van der Waals surface area (Å²) in [5.41, 5.74) is 2.55. The van der Waals surface area contributed by atoms with Crippen molar-refractivity contribution >= 4 is 29.9 Å². The van der Waals surface area contributed by atoms with Crippen molar-refractivity contribution in [2.24, 2.45) is 10.9 Å². The van der Waals surface area contributed by atoms with E-state index in [0.29, 0.717) is 5.92 Å². The Morgan fingerprint density at radius 3 is 2.83 bits per heavy atom. The number of aryl methyl sites for hydroxylation is 2. The minimum absolute atomic E-state index is 0. The average Bonchev–Trinajstić information content (AvgIpc) is 3.37. The molecule has 0 bridgehead atoms. The highest BCUT2D eigenvalue weighted by atomic mass is 127. The lowest BCUT2D eigenvalue weighted by Gasteiger charge is -2.23. The molecule has 3 rings (SSSR count). The molecule has 1 saturated heterocycles. The Kier molecular flexibility index (Phi) is 9.86. The Hall–Kier alpha value is -1.68. The molecule has 1 aliphatic heterocycles. The summed E-state index contributed by atoms with van der Waals surface area (Å²) in [5, 5.41) is 11.7. The third-order valence-corrected chi connectivity index (χ3v) is 5.07. The number of guanidine groups is 1. The van der Waals surface area contributed by atoms with Gasteiger partial charge in [0.25, 0.3) is 0 Å². The zero-order valence-corrected chi connectivity index (χ0v) is 20.0. The molecule has 2 heterocycles. The van der Waals surface area contributed by atoms with Gasteiger partial charge in [0.1, 0.15) is 12.2 Å². The largest absolute Gasteiger partial charge is 0.381 e. The van der Waals surface area contributed by atoms with Crippen molar-refractivity contribution < 1.29 is 4.74 Å². The predicted molar refractivity (Wildman–Crippen MR) is 127 cm³/mol. The van der Waals surface area contributed by atoms with E-state index in [1.807, 2.05) is 0 Å². The molecule has 1 aromatic carbocycles. The summed E-state index contributed by atoms with van der Waals surface area (Å²) in [6, 6.07) is 8.67. The summed E-state index contributed by atoms with van der Waals surface area (Å²) < 4.78 is 7.58. The SMILES string of the molecule is CCc1nncn1CCNC(=NCC1CCOC1)N(C)Cc1ccc(C)cc1.I. The second-order valence-corrected chi connectivity index (χ2v) is 7.46. The fraction of sp³-hybridized carbons (Fsp3) is 0.571. The van der Waals surface area contributed by atoms with Crippen LogP contribution in [0.4, 0.5) is 0 Å². The lowest BCUT2D eigenvalue weighted by Crippen LogP contribution is -2.40. The Morgan fingerprint density at radius 2 is 2.14 bits per heavy atom. The number of nitrogens with one attached hydrogen (secondary N) is 1. The molecule has 0 radical (unpaired) electrons. The van der Waals surface area contributed by atoms with Gasteiger partial charge in [0.15, 0.2) is 5.96 Å². The van der Waals surface area contributed by atoms with E-state index in [9.17, 15) is 0 Å². The number of hydrogen-bond acceptors (Lipinski definition) is 4. The van der Waals surface area contributed by atoms with Crippen LogP contribution >= 0.6 is 24.0 Å². The lowest BCUT2D eigenvalue weighted by molar-refractivity contribution is 0.187. The van der Waals surface area contributed by atoms with Gasteiger partial charge < -0.3 is 19.5 Å². The average molecular weight is 512 g/mol. The third kappa shape index (κ3) is 7.26. The number of ether oxygens (including phenoxy) is 1. The van der Waals surface area contributed by atoms with Crippen LogP contribution in [0.15, 0.2) is 35.6 Å². The highest BCUT2D eigenvalue weighted by molar-refractivity contribution is 14.0. The molecular formula is C21H33IN6O. The molecular weight excluding hydrogens is 479 g/mol. The van der Waals surface area contributed by atoms with Crippen molar-refractivity contribution in [3.05, 3.63) is 47.5 Å². The Bertz CT molecular complexity index is 755. The summed E-state index contributed by atoms with van der Waals surface area (Å²) in [7, 11) is 2.09. The van der Waals surface area contributed by atoms with E-state index in [0.717, 1.165) is 64.0 Å². The van der Waals surface area contributed by atoms with Crippen LogP contribution in [0.2, 0.25) is 0 Å². The number of benzene rings is 1. The number of aliphatic imine (C=N–C) groups is 1. The second kappa shape index (κ2) is 12.1. The first-order valence-corrected chi connectivity index (χ1v) is 10.1. The van der Waals surface area contributed by atoms with Crippen LogP contribution in [0.5, 0.6) is 0 Å². The van der Waals surface area contributed by atoms with E-state index in [1.54, 1.807) is 6.33 Å². The van der Waals surface area contributed by atoms with Gasteiger partial charge in [-0.15, -0.1) is 34.2 Å². The van der Waals surface area contributed by atoms with Gasteiger partial charge in [-0.1, -0.05) is 36.8 Å². The standard InChI is InChI=1S/C21H32N6O.HI/c1-4-20-25-24-16-27(20)11-10-22-21(23-13-19-9-12-28-15-19)26(3)14-18-7-5-17(2)6-8-18;/h5-8,16,19H,4,9-15H2,1-3H3,(H,22,23);1H. The van der Waals surface area contributed by atoms with Gasteiger partial charge in [-0.2, -0.15) is 0 Å². The smallest absolute Gasteiger partial charge is 0.194 e. The van der Waals surface area contributed by atoms with Gasteiger partial charge in [0, 0.05) is 52.2 Å². The molecule has 2 aromatic rings. The number of rotatable bonds is 8. The van der Waals surface area contributed by atoms with Crippen LogP contribution in [0.3, 0.4) is 0 Å². The fourth-order valence-corrected chi connectivity index (χ4v) is 3.32. The minimum Gasteiger partial charge on any atom is -0.381 e. The monoisotopic (exact) mass is 512 g/mol. The van der Waals surface area contributed by atoms with E-state index in [-0.39, 0.29) is 24.0 Å². The molecule has 1 aromatic heterocycles. The highest BCUT2D eigenvalue weighted by Crippen LogP contribution is 2.13. The van der Waals surface area contributed by atoms with Crippen LogP contribution in [0, 0.1) is 12.8 Å². The number of nitrogens with zero attached hydrogens (tertiary/aromatic N) is 5. The van der Waals surface area contributed by atoms with Crippen LogP contribution in [0.25, 0.3) is 0 Å². The Labute approximate surface area is 191 Å². The normalized spacial score (nSPS) is 16.5. The molecule has 0 spiro atoms. The molecule has 0 amide bonds. The molecule has 1 fully saturated rings. The lowest BCUT2D eigenvalue weighted by atomic mass is 10.1. The van der Waals surface area contributed by atoms with Gasteiger partial charge in [-0.25, -0.2) is 0 Å². The fourth-order valence-electron chi connectivity index (χ4n) is 3.32. The zero-order valence-electron chi connectivity index (χ0n) is 17.7. The first-order valence-electron chi connectivity index (χ1n) is 10.1. The molecule has 29 heavy (non-hydrogen) atoms. The molecule has 1 N–H and O–H groups in total. The molecule has 7 nitrogen and oxygen atoms in total. The predicted octanol–water partition coefficient (Wildman–Crippen LogP) is 2.88. The zero-order chi connectivity index (χ0) is 19.8. The molecule has 1 aliphatic rings. The van der Waals surface area contributed by atoms with Crippen LogP contribution in [-0.2, 0) is 24.2 Å². The van der Waals surface area contributed by atoms with Gasteiger partial charge in [0.2, 0.25) is 0 Å². The van der Waals surface area contributed by atoms with Gasteiger partial charge in [-0.05, 0) is 18.9 Å². The summed E-state index contributed by atoms with van der Waals surface area (Å²) in [6.07, 6.45) is 3.78. The van der Waals surface area contributed by atoms with E-state index >= 15 is 0 Å². The molecule has 0 saturated carbocycles. The maximum absolute atomic E-state index is 5.49. The maximum atomic E-state index is 5.49. The van der Waals surface area contributed by atoms with Gasteiger partial charge in [-0.3, -0.25) is 4.99 Å². The first-order chi connectivity index (χ1) is 13.7. The summed E-state index contributed by atoms with van der Waals surface area (Å²) >= 11 is 0. The topological polar surface area (TPSA) is 67.6 Å². The van der Waals surface area contributed by atoms with Crippen molar-refractivity contribution in [3.8, 4) is 0 Å². The van der Waals surface area contributed by atoms with Crippen LogP contribution in [-0.4, -0.2) is 59.0 Å². The molecule has 8 heteroatoms. The molecule has 0 aliphatic carbocycles. The van der Waals surface area contributed by atoms with Crippen molar-refractivity contribution in [2.45, 2.75) is 39.8 Å². The Morgan fingerprint density at radius 1 is 1.34 bits per heavy atom. The summed E-state index contributed by atoms with van der Waals surface area (Å²) in [6.45, 7) is 9.10. The third-order valence-electron chi connectivity index (χ3n) is 5.07. The van der Waals surface area contributed by atoms with Crippen LogP contribution in [0.1, 0.15) is 30.3 Å². The second-order valence-electron chi connectivity index (χ2n) is 7.46. The van der Waals surface area contributed by atoms with Crippen molar-refractivity contribution in [3.63, 3.8) is 0 Å². The number of hydrogen-bond donors (Lipinski definition) is 1. The van der Waals surface area contributed by atoms with Crippen molar-refractivity contribution in [2.75, 3.05) is 33.4 Å². The maximum Gasteiger partial charge on any atom is 0.194 e. The quantitative estimate of drug-likeness (QED) is 0.335. The van der Waals surface area contributed by atoms with Crippen molar-refractivity contribution in [1.29, 1.82) is 0 Å². The van der Waals surface area contributed by atoms with Gasteiger partial charge >= 0.3 is 0 Å². The van der Waals surface area contributed by atoms with E-state index in [1.165, 1.54) is 11.1 Å². The van der Waals surface area contributed by atoms with E-state index in [2.05, 4.69) is 70.1 Å².